The molecule has 1 aromatic carbocycles. The number of H-pyrrole nitrogens is 2. The zero-order valence-corrected chi connectivity index (χ0v) is 8.79. The molecule has 2 aromatic heterocycles. The summed E-state index contributed by atoms with van der Waals surface area (Å²) in [6.07, 6.45) is 3.09. The topological polar surface area (TPSA) is 94.7 Å². The fourth-order valence-corrected chi connectivity index (χ4v) is 1.25. The Bertz CT molecular complexity index is 571. The van der Waals surface area contributed by atoms with E-state index in [2.05, 4.69) is 20.2 Å². The molecule has 0 saturated carbocycles. The summed E-state index contributed by atoms with van der Waals surface area (Å²) in [5, 5.41) is 13.9. The molecular weight excluding hydrogens is 220 g/mol. The lowest BCUT2D eigenvalue weighted by atomic mass is 10.3. The Kier molecular flexibility index (Phi) is 3.15. The normalized spacial score (nSPS) is 9.65. The van der Waals surface area contributed by atoms with Crippen LogP contribution in [-0.2, 0) is 0 Å². The van der Waals surface area contributed by atoms with Crippen LogP contribution in [0.1, 0.15) is 10.5 Å². The highest BCUT2D eigenvalue weighted by atomic mass is 16.4. The first kappa shape index (κ1) is 10.9. The van der Waals surface area contributed by atoms with Crippen molar-refractivity contribution < 1.29 is 9.90 Å². The van der Waals surface area contributed by atoms with Gasteiger partial charge in [0.25, 0.3) is 0 Å². The third kappa shape index (κ3) is 2.69. The van der Waals surface area contributed by atoms with Gasteiger partial charge < -0.3 is 10.1 Å². The maximum atomic E-state index is 9.99. The summed E-state index contributed by atoms with van der Waals surface area (Å²) in [6, 6.07) is 9.33. The van der Waals surface area contributed by atoms with Gasteiger partial charge in [-0.3, -0.25) is 5.10 Å². The molecule has 0 aliphatic carbocycles. The van der Waals surface area contributed by atoms with Crippen LogP contribution in [0.25, 0.3) is 11.0 Å². The molecule has 0 amide bonds. The van der Waals surface area contributed by atoms with E-state index in [0.29, 0.717) is 0 Å². The largest absolute Gasteiger partial charge is 0.477 e. The van der Waals surface area contributed by atoms with Gasteiger partial charge in [0.1, 0.15) is 5.69 Å². The third-order valence-corrected chi connectivity index (χ3v) is 2.06. The van der Waals surface area contributed by atoms with Crippen molar-refractivity contribution in [3.05, 3.63) is 48.5 Å². The number of benzene rings is 1. The van der Waals surface area contributed by atoms with Crippen LogP contribution in [0.3, 0.4) is 0 Å². The number of aromatic amines is 2. The molecule has 0 bridgehead atoms. The number of para-hydroxylation sites is 2. The first-order chi connectivity index (χ1) is 8.27. The molecule has 0 saturated heterocycles. The van der Waals surface area contributed by atoms with Crippen LogP contribution < -0.4 is 0 Å². The van der Waals surface area contributed by atoms with Gasteiger partial charge in [-0.1, -0.05) is 12.1 Å². The second kappa shape index (κ2) is 4.93. The number of carbonyl (C=O) groups is 1. The number of rotatable bonds is 1. The average Bonchev–Trinajstić information content (AvgIpc) is 3.01. The van der Waals surface area contributed by atoms with E-state index in [0.717, 1.165) is 11.0 Å². The molecule has 0 radical (unpaired) electrons. The number of fused-ring (bicyclic) bond motifs is 1. The molecule has 0 aliphatic heterocycles. The first-order valence-corrected chi connectivity index (χ1v) is 4.88. The number of carboxylic acids is 1. The molecule has 3 aromatic rings. The van der Waals surface area contributed by atoms with E-state index in [4.69, 9.17) is 5.11 Å². The summed E-state index contributed by atoms with van der Waals surface area (Å²) >= 11 is 0. The molecule has 17 heavy (non-hydrogen) atoms. The Morgan fingerprint density at radius 1 is 1.24 bits per heavy atom. The maximum absolute atomic E-state index is 9.99. The zero-order valence-electron chi connectivity index (χ0n) is 8.79. The molecule has 0 fully saturated rings. The van der Waals surface area contributed by atoms with Gasteiger partial charge in [-0.25, -0.2) is 9.78 Å². The number of aromatic nitrogens is 4. The smallest absolute Gasteiger partial charge is 0.353 e. The van der Waals surface area contributed by atoms with Crippen molar-refractivity contribution in [2.24, 2.45) is 0 Å². The summed E-state index contributed by atoms with van der Waals surface area (Å²) in [6.45, 7) is 0. The molecule has 3 N–H and O–H groups in total. The Hall–Kier alpha value is -2.63. The lowest BCUT2D eigenvalue weighted by Crippen LogP contribution is -1.95. The van der Waals surface area contributed by atoms with E-state index in [-0.39, 0.29) is 5.69 Å². The highest BCUT2D eigenvalue weighted by molar-refractivity contribution is 5.84. The van der Waals surface area contributed by atoms with Crippen molar-refractivity contribution in [3.8, 4) is 0 Å². The van der Waals surface area contributed by atoms with Crippen LogP contribution in [0.5, 0.6) is 0 Å². The van der Waals surface area contributed by atoms with E-state index >= 15 is 0 Å². The number of imidazole rings is 1. The Labute approximate surface area is 96.3 Å². The molecule has 0 atom stereocenters. The van der Waals surface area contributed by atoms with Crippen molar-refractivity contribution in [2.45, 2.75) is 0 Å². The van der Waals surface area contributed by atoms with Crippen LogP contribution >= 0.6 is 0 Å². The van der Waals surface area contributed by atoms with Crippen LogP contribution in [0, 0.1) is 0 Å². The van der Waals surface area contributed by atoms with Crippen molar-refractivity contribution in [1.82, 2.24) is 20.2 Å². The van der Waals surface area contributed by atoms with E-state index in [9.17, 15) is 4.79 Å². The van der Waals surface area contributed by atoms with Crippen molar-refractivity contribution in [2.75, 3.05) is 0 Å². The Balaban J connectivity index is 0.000000128. The fraction of sp³-hybridized carbons (Fsp3) is 0. The first-order valence-electron chi connectivity index (χ1n) is 4.88. The summed E-state index contributed by atoms with van der Waals surface area (Å²) in [7, 11) is 0. The van der Waals surface area contributed by atoms with Crippen molar-refractivity contribution in [1.29, 1.82) is 0 Å². The van der Waals surface area contributed by atoms with Crippen molar-refractivity contribution in [3.63, 3.8) is 0 Å². The number of nitrogens with zero attached hydrogens (tertiary/aromatic N) is 2. The summed E-state index contributed by atoms with van der Waals surface area (Å²) < 4.78 is 0. The van der Waals surface area contributed by atoms with Gasteiger partial charge in [0.05, 0.1) is 17.4 Å². The lowest BCUT2D eigenvalue weighted by Gasteiger charge is -1.81. The summed E-state index contributed by atoms with van der Waals surface area (Å²) in [4.78, 5) is 17.1. The Morgan fingerprint density at radius 2 is 2.06 bits per heavy atom. The second-order valence-corrected chi connectivity index (χ2v) is 3.20. The van der Waals surface area contributed by atoms with Gasteiger partial charge in [-0.05, 0) is 18.2 Å². The quantitative estimate of drug-likeness (QED) is 0.592. The highest BCUT2D eigenvalue weighted by Gasteiger charge is 1.99. The minimum atomic E-state index is -0.984. The standard InChI is InChI=1S/C7H6N2.C4H4N2O2/c1-2-4-7-6(3-1)8-5-9-7;7-4(8)3-1-2-5-6-3/h1-5H,(H,8,9);1-2H,(H,5,6)(H,7,8). The monoisotopic (exact) mass is 230 g/mol. The van der Waals surface area contributed by atoms with E-state index in [1.807, 2.05) is 24.3 Å². The van der Waals surface area contributed by atoms with E-state index in [1.54, 1.807) is 6.33 Å². The maximum Gasteiger partial charge on any atom is 0.353 e. The minimum Gasteiger partial charge on any atom is -0.477 e. The molecular formula is C11H10N4O2. The second-order valence-electron chi connectivity index (χ2n) is 3.20. The number of nitrogens with one attached hydrogen (secondary N) is 2. The fourth-order valence-electron chi connectivity index (χ4n) is 1.25. The SMILES string of the molecule is O=C(O)c1ccn[nH]1.c1ccc2[nH]cnc2c1. The molecule has 2 heterocycles. The van der Waals surface area contributed by atoms with E-state index < -0.39 is 5.97 Å². The van der Waals surface area contributed by atoms with Gasteiger partial charge >= 0.3 is 5.97 Å². The van der Waals surface area contributed by atoms with Crippen LogP contribution in [0.2, 0.25) is 0 Å². The van der Waals surface area contributed by atoms with Gasteiger partial charge in [-0.2, -0.15) is 5.10 Å². The molecule has 0 unspecified atom stereocenters. The number of aromatic carboxylic acids is 1. The third-order valence-electron chi connectivity index (χ3n) is 2.06. The van der Waals surface area contributed by atoms with Gasteiger partial charge in [0.2, 0.25) is 0 Å². The molecule has 86 valence electrons. The van der Waals surface area contributed by atoms with E-state index in [1.165, 1.54) is 12.3 Å². The predicted molar refractivity (Wildman–Crippen MR) is 61.6 cm³/mol. The Morgan fingerprint density at radius 3 is 2.65 bits per heavy atom. The highest BCUT2D eigenvalue weighted by Crippen LogP contribution is 2.05. The van der Waals surface area contributed by atoms with Gasteiger partial charge in [-0.15, -0.1) is 0 Å². The summed E-state index contributed by atoms with van der Waals surface area (Å²) in [5.74, 6) is -0.984. The van der Waals surface area contributed by atoms with Crippen LogP contribution in [0.15, 0.2) is 42.9 Å². The van der Waals surface area contributed by atoms with Gasteiger partial charge in [0, 0.05) is 6.20 Å². The van der Waals surface area contributed by atoms with Crippen LogP contribution in [0.4, 0.5) is 0 Å². The molecule has 0 aliphatic rings. The zero-order chi connectivity index (χ0) is 12.1. The lowest BCUT2D eigenvalue weighted by molar-refractivity contribution is 0.0690. The average molecular weight is 230 g/mol. The molecule has 3 rings (SSSR count). The molecule has 0 spiro atoms. The molecule has 6 nitrogen and oxygen atoms in total. The number of hydrogen-bond acceptors (Lipinski definition) is 3. The van der Waals surface area contributed by atoms with Gasteiger partial charge in [0.15, 0.2) is 0 Å². The number of carboxylic acid groups (broad SMARTS) is 1. The molecule has 6 heteroatoms. The summed E-state index contributed by atoms with van der Waals surface area (Å²) in [5.41, 5.74) is 2.24. The minimum absolute atomic E-state index is 0.116. The van der Waals surface area contributed by atoms with Crippen molar-refractivity contribution >= 4 is 17.0 Å². The van der Waals surface area contributed by atoms with Crippen LogP contribution in [-0.4, -0.2) is 31.2 Å². The predicted octanol–water partition coefficient (Wildman–Crippen LogP) is 1.67. The number of hydrogen-bond donors (Lipinski definition) is 3.